The van der Waals surface area contributed by atoms with Crippen LogP contribution in [0.5, 0.6) is 0 Å². The van der Waals surface area contributed by atoms with Gasteiger partial charge in [0.2, 0.25) is 9.39 Å². The van der Waals surface area contributed by atoms with E-state index in [0.717, 1.165) is 6.07 Å². The van der Waals surface area contributed by atoms with Crippen LogP contribution in [0.3, 0.4) is 0 Å². The van der Waals surface area contributed by atoms with Crippen LogP contribution in [-0.2, 0) is 0 Å². The maximum absolute atomic E-state index is 11.0. The zero-order chi connectivity index (χ0) is 11.6. The molecule has 0 heterocycles. The minimum Gasteiger partial charge on any atom is -0.281 e. The third-order valence-electron chi connectivity index (χ3n) is 1.63. The average molecular weight is 337 g/mol. The van der Waals surface area contributed by atoms with Crippen LogP contribution >= 0.6 is 31.9 Å². The molecule has 0 aliphatic heterocycles. The standard InChI is InChI=1S/C8H3Br2NO4/c9-7(12)4-1-2-5(8(10)13)6(3-4)11(14)15/h1-3H. The molecule has 0 aliphatic carbocycles. The quantitative estimate of drug-likeness (QED) is 0.483. The first kappa shape index (κ1) is 12.0. The number of benzene rings is 1. The molecule has 0 amide bonds. The zero-order valence-electron chi connectivity index (χ0n) is 7.07. The van der Waals surface area contributed by atoms with Crippen LogP contribution in [0.25, 0.3) is 0 Å². The fraction of sp³-hybridized carbons (Fsp3) is 0. The van der Waals surface area contributed by atoms with Crippen LogP contribution in [0.1, 0.15) is 20.7 Å². The first-order chi connectivity index (χ1) is 6.93. The number of halogens is 2. The Hall–Kier alpha value is -1.08. The lowest BCUT2D eigenvalue weighted by Crippen LogP contribution is -2.00. The molecule has 0 saturated heterocycles. The van der Waals surface area contributed by atoms with Crippen molar-refractivity contribution in [3.8, 4) is 0 Å². The third-order valence-corrected chi connectivity index (χ3v) is 2.52. The summed E-state index contributed by atoms with van der Waals surface area (Å²) in [5.74, 6) is 0. The van der Waals surface area contributed by atoms with E-state index in [1.165, 1.54) is 12.1 Å². The summed E-state index contributed by atoms with van der Waals surface area (Å²) in [7, 11) is 0. The van der Waals surface area contributed by atoms with Gasteiger partial charge in [0.25, 0.3) is 5.69 Å². The maximum Gasteiger partial charge on any atom is 0.281 e. The molecule has 7 heteroatoms. The summed E-state index contributed by atoms with van der Waals surface area (Å²) in [6, 6.07) is 3.61. The fourth-order valence-corrected chi connectivity index (χ4v) is 1.55. The highest BCUT2D eigenvalue weighted by Crippen LogP contribution is 2.23. The molecule has 0 atom stereocenters. The highest BCUT2D eigenvalue weighted by molar-refractivity contribution is 9.18. The second-order valence-corrected chi connectivity index (χ2v) is 3.98. The molecular formula is C8H3Br2NO4. The first-order valence-corrected chi connectivity index (χ1v) is 5.20. The number of rotatable bonds is 3. The van der Waals surface area contributed by atoms with E-state index in [1.807, 2.05) is 0 Å². The largest absolute Gasteiger partial charge is 0.281 e. The van der Waals surface area contributed by atoms with Gasteiger partial charge < -0.3 is 0 Å². The molecule has 0 radical (unpaired) electrons. The fourth-order valence-electron chi connectivity index (χ4n) is 0.971. The Morgan fingerprint density at radius 2 is 1.80 bits per heavy atom. The Kier molecular flexibility index (Phi) is 3.70. The number of nitrogens with zero attached hydrogens (tertiary/aromatic N) is 1. The molecule has 0 fully saturated rings. The van der Waals surface area contributed by atoms with Crippen molar-refractivity contribution in [2.75, 3.05) is 0 Å². The Morgan fingerprint density at radius 3 is 2.20 bits per heavy atom. The normalized spacial score (nSPS) is 9.73. The van der Waals surface area contributed by atoms with E-state index in [4.69, 9.17) is 0 Å². The van der Waals surface area contributed by atoms with E-state index in [0.29, 0.717) is 0 Å². The molecule has 1 rings (SSSR count). The molecule has 0 N–H and O–H groups in total. The lowest BCUT2D eigenvalue weighted by atomic mass is 10.1. The molecule has 0 saturated carbocycles. The van der Waals surface area contributed by atoms with Crippen LogP contribution in [0.4, 0.5) is 5.69 Å². The van der Waals surface area contributed by atoms with E-state index in [-0.39, 0.29) is 11.1 Å². The lowest BCUT2D eigenvalue weighted by molar-refractivity contribution is -0.385. The van der Waals surface area contributed by atoms with E-state index in [2.05, 4.69) is 31.9 Å². The first-order valence-electron chi connectivity index (χ1n) is 3.61. The summed E-state index contributed by atoms with van der Waals surface area (Å²) in [5, 5.41) is 10.6. The number of hydrogen-bond donors (Lipinski definition) is 0. The molecule has 1 aromatic carbocycles. The van der Waals surface area contributed by atoms with Crippen molar-refractivity contribution in [2.24, 2.45) is 0 Å². The molecule has 0 spiro atoms. The van der Waals surface area contributed by atoms with Crippen molar-refractivity contribution in [2.45, 2.75) is 0 Å². The summed E-state index contributed by atoms with van der Waals surface area (Å²) >= 11 is 5.29. The predicted octanol–water partition coefficient (Wildman–Crippen LogP) is 2.67. The summed E-state index contributed by atoms with van der Waals surface area (Å²) in [5.41, 5.74) is -0.362. The molecule has 0 aliphatic rings. The van der Waals surface area contributed by atoms with Crippen molar-refractivity contribution in [1.82, 2.24) is 0 Å². The van der Waals surface area contributed by atoms with Crippen molar-refractivity contribution in [3.63, 3.8) is 0 Å². The van der Waals surface area contributed by atoms with Crippen LogP contribution < -0.4 is 0 Å². The molecule has 78 valence electrons. The number of nitro benzene ring substituents is 1. The molecular weight excluding hydrogens is 334 g/mol. The summed E-state index contributed by atoms with van der Waals surface area (Å²) in [4.78, 5) is 31.8. The Morgan fingerprint density at radius 1 is 1.20 bits per heavy atom. The Labute approximate surface area is 101 Å². The second kappa shape index (κ2) is 4.63. The van der Waals surface area contributed by atoms with Gasteiger partial charge in [-0.1, -0.05) is 0 Å². The molecule has 0 aromatic heterocycles. The van der Waals surface area contributed by atoms with Crippen molar-refractivity contribution in [3.05, 3.63) is 39.4 Å². The van der Waals surface area contributed by atoms with Gasteiger partial charge in [0.05, 0.1) is 4.92 Å². The van der Waals surface area contributed by atoms with Crippen molar-refractivity contribution >= 4 is 46.9 Å². The van der Waals surface area contributed by atoms with Gasteiger partial charge in [-0.2, -0.15) is 0 Å². The van der Waals surface area contributed by atoms with Gasteiger partial charge in [-0.25, -0.2) is 0 Å². The van der Waals surface area contributed by atoms with Gasteiger partial charge >= 0.3 is 0 Å². The number of hydrogen-bond acceptors (Lipinski definition) is 4. The predicted molar refractivity (Wildman–Crippen MR) is 59.6 cm³/mol. The monoisotopic (exact) mass is 335 g/mol. The topological polar surface area (TPSA) is 77.3 Å². The van der Waals surface area contributed by atoms with Crippen LogP contribution in [0.15, 0.2) is 18.2 Å². The second-order valence-electron chi connectivity index (χ2n) is 2.54. The summed E-state index contributed by atoms with van der Waals surface area (Å²) < 4.78 is -1.07. The van der Waals surface area contributed by atoms with Crippen LogP contribution in [0, 0.1) is 10.1 Å². The third kappa shape index (κ3) is 2.69. The van der Waals surface area contributed by atoms with Crippen molar-refractivity contribution in [1.29, 1.82) is 0 Å². The van der Waals surface area contributed by atoms with E-state index < -0.39 is 20.0 Å². The molecule has 15 heavy (non-hydrogen) atoms. The van der Waals surface area contributed by atoms with Crippen LogP contribution in [0.2, 0.25) is 0 Å². The molecule has 5 nitrogen and oxygen atoms in total. The van der Waals surface area contributed by atoms with Gasteiger partial charge in [-0.15, -0.1) is 0 Å². The summed E-state index contributed by atoms with van der Waals surface area (Å²) in [6.07, 6.45) is 0. The highest BCUT2D eigenvalue weighted by Gasteiger charge is 2.20. The molecule has 0 bridgehead atoms. The Bertz CT molecular complexity index is 458. The van der Waals surface area contributed by atoms with Gasteiger partial charge in [0.1, 0.15) is 5.56 Å². The van der Waals surface area contributed by atoms with E-state index in [1.54, 1.807) is 0 Å². The van der Waals surface area contributed by atoms with E-state index in [9.17, 15) is 19.7 Å². The minimum absolute atomic E-state index is 0.0856. The lowest BCUT2D eigenvalue weighted by Gasteiger charge is -1.99. The molecule has 1 aromatic rings. The van der Waals surface area contributed by atoms with Gasteiger partial charge in [0, 0.05) is 11.6 Å². The number of carbonyl (C=O) groups is 2. The maximum atomic E-state index is 11.0. The molecule has 0 unspecified atom stereocenters. The summed E-state index contributed by atoms with van der Waals surface area (Å²) in [6.45, 7) is 0. The number of nitro groups is 1. The van der Waals surface area contributed by atoms with Gasteiger partial charge in [0.15, 0.2) is 0 Å². The minimum atomic E-state index is -0.714. The zero-order valence-corrected chi connectivity index (χ0v) is 10.2. The SMILES string of the molecule is O=C(Br)c1ccc(C(=O)Br)c([N+](=O)[O-])c1. The van der Waals surface area contributed by atoms with Crippen molar-refractivity contribution < 1.29 is 14.5 Å². The number of carbonyl (C=O) groups excluding carboxylic acids is 2. The Balaban J connectivity index is 3.40. The van der Waals surface area contributed by atoms with Crippen LogP contribution in [-0.4, -0.2) is 14.3 Å². The van der Waals surface area contributed by atoms with Gasteiger partial charge in [-0.3, -0.25) is 19.7 Å². The highest BCUT2D eigenvalue weighted by atomic mass is 79.9. The van der Waals surface area contributed by atoms with E-state index >= 15 is 0 Å². The smallest absolute Gasteiger partial charge is 0.281 e. The average Bonchev–Trinajstić information content (AvgIpc) is 2.16. The van der Waals surface area contributed by atoms with Gasteiger partial charge in [-0.05, 0) is 44.0 Å².